The number of hydrogen-bond donors (Lipinski definition) is 8. The number of rotatable bonds is 16. The van der Waals surface area contributed by atoms with Crippen LogP contribution in [0.25, 0.3) is 0 Å². The molecule has 2 rings (SSSR count). The number of carboxylic acids is 1. The highest BCUT2D eigenvalue weighted by Crippen LogP contribution is 2.06. The second-order valence-electron chi connectivity index (χ2n) is 8.57. The smallest absolute Gasteiger partial charge is 0.326 e. The van der Waals surface area contributed by atoms with Crippen LogP contribution in [0.5, 0.6) is 0 Å². The van der Waals surface area contributed by atoms with Gasteiger partial charge in [0.25, 0.3) is 0 Å². The van der Waals surface area contributed by atoms with Gasteiger partial charge in [-0.3, -0.25) is 14.4 Å². The van der Waals surface area contributed by atoms with Gasteiger partial charge in [-0.1, -0.05) is 30.3 Å². The average molecular weight is 534 g/mol. The van der Waals surface area contributed by atoms with E-state index in [0.717, 1.165) is 5.56 Å². The molecule has 3 amide bonds. The number of aromatic amines is 1. The summed E-state index contributed by atoms with van der Waals surface area (Å²) < 4.78 is 0. The van der Waals surface area contributed by atoms with Gasteiger partial charge < -0.3 is 37.5 Å². The molecule has 0 aliphatic heterocycles. The number of unbranched alkanes of at least 4 members (excludes halogenated alkanes) is 1. The van der Waals surface area contributed by atoms with Gasteiger partial charge in [0.2, 0.25) is 17.7 Å². The van der Waals surface area contributed by atoms with Gasteiger partial charge in [-0.05, 0) is 37.8 Å². The average Bonchev–Trinajstić information content (AvgIpc) is 3.39. The minimum atomic E-state index is -1.19. The molecule has 12 nitrogen and oxygen atoms in total. The van der Waals surface area contributed by atoms with Crippen molar-refractivity contribution in [2.75, 3.05) is 12.3 Å². The number of nitrogens with two attached hydrogens (primary N) is 2. The van der Waals surface area contributed by atoms with Crippen molar-refractivity contribution in [3.05, 3.63) is 54.1 Å². The van der Waals surface area contributed by atoms with Crippen molar-refractivity contribution in [3.63, 3.8) is 0 Å². The van der Waals surface area contributed by atoms with E-state index in [4.69, 9.17) is 11.5 Å². The van der Waals surface area contributed by atoms with E-state index in [1.165, 1.54) is 12.5 Å². The first-order valence-corrected chi connectivity index (χ1v) is 12.6. The first-order valence-electron chi connectivity index (χ1n) is 12.0. The van der Waals surface area contributed by atoms with Gasteiger partial charge >= 0.3 is 5.97 Å². The molecule has 1 aromatic carbocycles. The summed E-state index contributed by atoms with van der Waals surface area (Å²) in [5.41, 5.74) is 12.9. The van der Waals surface area contributed by atoms with Crippen LogP contribution in [-0.4, -0.2) is 75.2 Å². The number of carbonyl (C=O) groups excluding carboxylic acids is 3. The summed E-state index contributed by atoms with van der Waals surface area (Å²) in [6.45, 7) is 0.407. The van der Waals surface area contributed by atoms with Crippen LogP contribution >= 0.6 is 12.6 Å². The Morgan fingerprint density at radius 1 is 0.946 bits per heavy atom. The molecule has 9 N–H and O–H groups in total. The van der Waals surface area contributed by atoms with Crippen LogP contribution in [0.3, 0.4) is 0 Å². The lowest BCUT2D eigenvalue weighted by Crippen LogP contribution is -2.58. The second kappa shape index (κ2) is 15.6. The summed E-state index contributed by atoms with van der Waals surface area (Å²) in [5.74, 6) is -3.13. The molecule has 0 saturated carbocycles. The fraction of sp³-hybridized carbons (Fsp3) is 0.458. The van der Waals surface area contributed by atoms with Crippen LogP contribution in [0.15, 0.2) is 42.9 Å². The third kappa shape index (κ3) is 10.2. The summed E-state index contributed by atoms with van der Waals surface area (Å²) in [4.78, 5) is 57.1. The standard InChI is InChI=1S/C24H35N7O5S/c25-9-5-4-8-18(24(35)36)29-22(33)19(11-16-12-27-14-28-16)30-23(34)20(13-37)31-21(32)17(26)10-15-6-2-1-3-7-15/h1-3,6-7,12,14,17-20,37H,4-5,8-11,13,25-26H2,(H,27,28)(H,29,33)(H,30,34)(H,31,32)(H,35,36). The third-order valence-corrected chi connectivity index (χ3v) is 5.99. The monoisotopic (exact) mass is 533 g/mol. The predicted octanol–water partition coefficient (Wildman–Crippen LogP) is -0.880. The van der Waals surface area contributed by atoms with E-state index >= 15 is 0 Å². The van der Waals surface area contributed by atoms with Crippen LogP contribution in [0, 0.1) is 0 Å². The van der Waals surface area contributed by atoms with Crippen molar-refractivity contribution in [1.82, 2.24) is 25.9 Å². The Hall–Kier alpha value is -3.42. The summed E-state index contributed by atoms with van der Waals surface area (Å²) in [6.07, 6.45) is 4.53. The summed E-state index contributed by atoms with van der Waals surface area (Å²) in [5, 5.41) is 17.2. The van der Waals surface area contributed by atoms with Gasteiger partial charge in [0.05, 0.1) is 12.4 Å². The molecule has 1 aromatic heterocycles. The number of amides is 3. The molecular formula is C24H35N7O5S. The number of nitrogens with one attached hydrogen (secondary N) is 4. The van der Waals surface area contributed by atoms with Crippen molar-refractivity contribution in [2.45, 2.75) is 56.3 Å². The normalized spacial score (nSPS) is 14.1. The summed E-state index contributed by atoms with van der Waals surface area (Å²) >= 11 is 4.17. The number of H-pyrrole nitrogens is 1. The van der Waals surface area contributed by atoms with E-state index in [9.17, 15) is 24.3 Å². The number of imidazole rings is 1. The number of thiol groups is 1. The number of nitrogens with zero attached hydrogens (tertiary/aromatic N) is 1. The van der Waals surface area contributed by atoms with Gasteiger partial charge in [-0.25, -0.2) is 9.78 Å². The van der Waals surface area contributed by atoms with E-state index in [0.29, 0.717) is 25.1 Å². The maximum absolute atomic E-state index is 13.0. The van der Waals surface area contributed by atoms with Crippen LogP contribution in [0.1, 0.15) is 30.5 Å². The SMILES string of the molecule is NCCCCC(NC(=O)C(Cc1cnc[nH]1)NC(=O)C(CS)NC(=O)C(N)Cc1ccccc1)C(=O)O. The number of carbonyl (C=O) groups is 4. The Labute approximate surface area is 220 Å². The Kier molecular flexibility index (Phi) is 12.6. The zero-order chi connectivity index (χ0) is 27.2. The van der Waals surface area contributed by atoms with Crippen molar-refractivity contribution >= 4 is 36.3 Å². The minimum absolute atomic E-state index is 0.0213. The van der Waals surface area contributed by atoms with E-state index in [-0.39, 0.29) is 25.0 Å². The lowest BCUT2D eigenvalue weighted by Gasteiger charge is -2.24. The first-order chi connectivity index (χ1) is 17.7. The molecule has 0 radical (unpaired) electrons. The molecule has 4 unspecified atom stereocenters. The van der Waals surface area contributed by atoms with Crippen LogP contribution < -0.4 is 27.4 Å². The third-order valence-electron chi connectivity index (χ3n) is 5.62. The molecule has 4 atom stereocenters. The zero-order valence-electron chi connectivity index (χ0n) is 20.4. The zero-order valence-corrected chi connectivity index (χ0v) is 21.3. The molecule has 13 heteroatoms. The number of aliphatic carboxylic acids is 1. The quantitative estimate of drug-likeness (QED) is 0.100. The maximum Gasteiger partial charge on any atom is 0.326 e. The molecule has 0 aliphatic rings. The topological polar surface area (TPSA) is 205 Å². The van der Waals surface area contributed by atoms with Gasteiger partial charge in [0, 0.05) is 24.1 Å². The number of hydrogen-bond acceptors (Lipinski definition) is 8. The first kappa shape index (κ1) is 29.8. The number of benzene rings is 1. The summed E-state index contributed by atoms with van der Waals surface area (Å²) in [7, 11) is 0. The molecule has 0 saturated heterocycles. The Balaban J connectivity index is 2.06. The predicted molar refractivity (Wildman–Crippen MR) is 141 cm³/mol. The Morgan fingerprint density at radius 3 is 2.19 bits per heavy atom. The van der Waals surface area contributed by atoms with E-state index in [2.05, 4.69) is 38.5 Å². The second-order valence-corrected chi connectivity index (χ2v) is 8.93. The molecule has 0 aliphatic carbocycles. The molecule has 202 valence electrons. The Morgan fingerprint density at radius 2 is 1.59 bits per heavy atom. The largest absolute Gasteiger partial charge is 0.480 e. The van der Waals surface area contributed by atoms with Crippen molar-refractivity contribution in [1.29, 1.82) is 0 Å². The van der Waals surface area contributed by atoms with E-state index < -0.39 is 47.9 Å². The van der Waals surface area contributed by atoms with Crippen LogP contribution in [-0.2, 0) is 32.0 Å². The number of carboxylic acid groups (broad SMARTS) is 1. The highest BCUT2D eigenvalue weighted by atomic mass is 32.1. The lowest BCUT2D eigenvalue weighted by atomic mass is 10.1. The van der Waals surface area contributed by atoms with Crippen molar-refractivity contribution in [2.24, 2.45) is 11.5 Å². The Bertz CT molecular complexity index is 1010. The molecule has 0 bridgehead atoms. The maximum atomic E-state index is 13.0. The molecule has 0 spiro atoms. The van der Waals surface area contributed by atoms with E-state index in [1.54, 1.807) is 0 Å². The fourth-order valence-corrected chi connectivity index (χ4v) is 3.81. The van der Waals surface area contributed by atoms with Crippen LogP contribution in [0.4, 0.5) is 0 Å². The summed E-state index contributed by atoms with van der Waals surface area (Å²) in [6, 6.07) is 4.96. The van der Waals surface area contributed by atoms with E-state index in [1.807, 2.05) is 30.3 Å². The highest BCUT2D eigenvalue weighted by molar-refractivity contribution is 7.80. The van der Waals surface area contributed by atoms with Crippen LogP contribution in [0.2, 0.25) is 0 Å². The minimum Gasteiger partial charge on any atom is -0.480 e. The molecule has 37 heavy (non-hydrogen) atoms. The molecular weight excluding hydrogens is 498 g/mol. The van der Waals surface area contributed by atoms with Gasteiger partial charge in [-0.15, -0.1) is 0 Å². The molecule has 0 fully saturated rings. The highest BCUT2D eigenvalue weighted by Gasteiger charge is 2.30. The lowest BCUT2D eigenvalue weighted by molar-refractivity contribution is -0.142. The molecule has 1 heterocycles. The van der Waals surface area contributed by atoms with Crippen molar-refractivity contribution < 1.29 is 24.3 Å². The van der Waals surface area contributed by atoms with Gasteiger partial charge in [0.1, 0.15) is 18.1 Å². The molecule has 2 aromatic rings. The van der Waals surface area contributed by atoms with Gasteiger partial charge in [0.15, 0.2) is 0 Å². The fourth-order valence-electron chi connectivity index (χ4n) is 3.55. The van der Waals surface area contributed by atoms with Crippen molar-refractivity contribution in [3.8, 4) is 0 Å². The number of aromatic nitrogens is 2. The van der Waals surface area contributed by atoms with Gasteiger partial charge in [-0.2, -0.15) is 12.6 Å².